The predicted octanol–water partition coefficient (Wildman–Crippen LogP) is 2.93. The maximum absolute atomic E-state index is 10.5. The van der Waals surface area contributed by atoms with Crippen LogP contribution >= 0.6 is 0 Å². The number of hydrogen-bond donors (Lipinski definition) is 0. The van der Waals surface area contributed by atoms with Crippen LogP contribution in [-0.2, 0) is 9.53 Å². The van der Waals surface area contributed by atoms with Gasteiger partial charge in [-0.3, -0.25) is 4.79 Å². The van der Waals surface area contributed by atoms with Crippen LogP contribution < -0.4 is 0 Å². The van der Waals surface area contributed by atoms with Crippen molar-refractivity contribution < 1.29 is 9.53 Å². The van der Waals surface area contributed by atoms with Gasteiger partial charge in [-0.25, -0.2) is 0 Å². The Hall–Kier alpha value is -0.790. The Balaban J connectivity index is 3.45. The van der Waals surface area contributed by atoms with Crippen LogP contribution in [0.15, 0.2) is 12.2 Å². The number of carbonyl (C=O) groups excluding carboxylic acids is 1. The molecular weight excluding hydrogens is 164 g/mol. The molecule has 2 heteroatoms. The van der Waals surface area contributed by atoms with Crippen molar-refractivity contribution in [1.82, 2.24) is 0 Å². The SMILES string of the molecule is C=C(CC)CC(C)CCOC(C)=O. The molecule has 2 nitrogen and oxygen atoms in total. The summed E-state index contributed by atoms with van der Waals surface area (Å²) in [4.78, 5) is 10.5. The molecule has 0 amide bonds. The molecule has 76 valence electrons. The van der Waals surface area contributed by atoms with Crippen LogP contribution in [0.5, 0.6) is 0 Å². The molecule has 0 aliphatic rings. The summed E-state index contributed by atoms with van der Waals surface area (Å²) < 4.78 is 4.86. The number of ether oxygens (including phenoxy) is 1. The molecule has 0 saturated heterocycles. The summed E-state index contributed by atoms with van der Waals surface area (Å²) in [5.41, 5.74) is 1.27. The Morgan fingerprint density at radius 3 is 2.62 bits per heavy atom. The Kier molecular flexibility index (Phi) is 6.29. The van der Waals surface area contributed by atoms with E-state index < -0.39 is 0 Å². The number of carbonyl (C=O) groups is 1. The maximum Gasteiger partial charge on any atom is 0.302 e. The van der Waals surface area contributed by atoms with Crippen molar-refractivity contribution in [3.05, 3.63) is 12.2 Å². The van der Waals surface area contributed by atoms with E-state index in [2.05, 4.69) is 20.4 Å². The molecule has 0 aromatic rings. The lowest BCUT2D eigenvalue weighted by atomic mass is 9.98. The smallest absolute Gasteiger partial charge is 0.302 e. The van der Waals surface area contributed by atoms with Gasteiger partial charge in [0.25, 0.3) is 0 Å². The average Bonchev–Trinajstić information content (AvgIpc) is 2.03. The van der Waals surface area contributed by atoms with Gasteiger partial charge in [0.15, 0.2) is 0 Å². The van der Waals surface area contributed by atoms with E-state index in [1.807, 2.05) is 0 Å². The van der Waals surface area contributed by atoms with E-state index in [9.17, 15) is 4.79 Å². The van der Waals surface area contributed by atoms with E-state index in [1.54, 1.807) is 0 Å². The summed E-state index contributed by atoms with van der Waals surface area (Å²) in [6, 6.07) is 0. The third-order valence-corrected chi connectivity index (χ3v) is 2.05. The summed E-state index contributed by atoms with van der Waals surface area (Å²) in [7, 11) is 0. The Labute approximate surface area is 81.0 Å². The minimum atomic E-state index is -0.193. The first-order valence-electron chi connectivity index (χ1n) is 4.86. The van der Waals surface area contributed by atoms with E-state index in [0.717, 1.165) is 19.3 Å². The highest BCUT2D eigenvalue weighted by molar-refractivity contribution is 5.65. The van der Waals surface area contributed by atoms with Crippen LogP contribution in [0, 0.1) is 5.92 Å². The molecule has 0 aromatic carbocycles. The molecule has 1 atom stereocenters. The normalized spacial score (nSPS) is 12.2. The van der Waals surface area contributed by atoms with Crippen molar-refractivity contribution in [3.63, 3.8) is 0 Å². The van der Waals surface area contributed by atoms with Crippen LogP contribution in [0.25, 0.3) is 0 Å². The standard InChI is InChI=1S/C11H20O2/c1-5-9(2)8-10(3)6-7-13-11(4)12/h10H,2,5-8H2,1,3-4H3. The summed E-state index contributed by atoms with van der Waals surface area (Å²) >= 11 is 0. The van der Waals surface area contributed by atoms with Gasteiger partial charge >= 0.3 is 5.97 Å². The first-order chi connectivity index (χ1) is 6.06. The van der Waals surface area contributed by atoms with E-state index in [0.29, 0.717) is 12.5 Å². The van der Waals surface area contributed by atoms with Crippen LogP contribution in [0.4, 0.5) is 0 Å². The van der Waals surface area contributed by atoms with Gasteiger partial charge in [-0.1, -0.05) is 26.0 Å². The van der Waals surface area contributed by atoms with Crippen molar-refractivity contribution in [2.24, 2.45) is 5.92 Å². The first kappa shape index (κ1) is 12.2. The lowest BCUT2D eigenvalue weighted by Crippen LogP contribution is -2.05. The predicted molar refractivity (Wildman–Crippen MR) is 54.5 cm³/mol. The second-order valence-corrected chi connectivity index (χ2v) is 3.54. The van der Waals surface area contributed by atoms with Gasteiger partial charge in [-0.2, -0.15) is 0 Å². The Morgan fingerprint density at radius 1 is 1.54 bits per heavy atom. The summed E-state index contributed by atoms with van der Waals surface area (Å²) in [5.74, 6) is 0.369. The van der Waals surface area contributed by atoms with E-state index >= 15 is 0 Å². The zero-order valence-corrected chi connectivity index (χ0v) is 8.93. The number of rotatable bonds is 6. The zero-order valence-electron chi connectivity index (χ0n) is 8.93. The molecule has 0 radical (unpaired) electrons. The highest BCUT2D eigenvalue weighted by Crippen LogP contribution is 2.15. The van der Waals surface area contributed by atoms with Gasteiger partial charge < -0.3 is 4.74 Å². The topological polar surface area (TPSA) is 26.3 Å². The molecule has 0 saturated carbocycles. The maximum atomic E-state index is 10.5. The number of allylic oxidation sites excluding steroid dienone is 1. The lowest BCUT2D eigenvalue weighted by molar-refractivity contribution is -0.141. The second kappa shape index (κ2) is 6.70. The highest BCUT2D eigenvalue weighted by atomic mass is 16.5. The molecule has 0 fully saturated rings. The molecule has 0 aromatic heterocycles. The van der Waals surface area contributed by atoms with E-state index in [1.165, 1.54) is 12.5 Å². The molecule has 0 heterocycles. The largest absolute Gasteiger partial charge is 0.466 e. The third-order valence-electron chi connectivity index (χ3n) is 2.05. The molecule has 0 N–H and O–H groups in total. The van der Waals surface area contributed by atoms with Crippen molar-refractivity contribution in [1.29, 1.82) is 0 Å². The average molecular weight is 184 g/mol. The van der Waals surface area contributed by atoms with Gasteiger partial charge in [0.1, 0.15) is 0 Å². The minimum absolute atomic E-state index is 0.193. The van der Waals surface area contributed by atoms with Crippen LogP contribution in [0.2, 0.25) is 0 Å². The molecular formula is C11H20O2. The van der Waals surface area contributed by atoms with E-state index in [-0.39, 0.29) is 5.97 Å². The van der Waals surface area contributed by atoms with Gasteiger partial charge in [-0.15, -0.1) is 0 Å². The highest BCUT2D eigenvalue weighted by Gasteiger charge is 2.04. The third kappa shape index (κ3) is 7.57. The fourth-order valence-corrected chi connectivity index (χ4v) is 1.14. The van der Waals surface area contributed by atoms with Gasteiger partial charge in [0.2, 0.25) is 0 Å². The van der Waals surface area contributed by atoms with Crippen LogP contribution in [0.1, 0.15) is 40.0 Å². The molecule has 0 aliphatic carbocycles. The fourth-order valence-electron chi connectivity index (χ4n) is 1.14. The van der Waals surface area contributed by atoms with Crippen molar-refractivity contribution in [3.8, 4) is 0 Å². The quantitative estimate of drug-likeness (QED) is 0.468. The first-order valence-corrected chi connectivity index (χ1v) is 4.86. The zero-order chi connectivity index (χ0) is 10.3. The number of esters is 1. The lowest BCUT2D eigenvalue weighted by Gasteiger charge is -2.11. The van der Waals surface area contributed by atoms with Crippen molar-refractivity contribution in [2.75, 3.05) is 6.61 Å². The van der Waals surface area contributed by atoms with Crippen molar-refractivity contribution in [2.45, 2.75) is 40.0 Å². The Bertz CT molecular complexity index is 173. The van der Waals surface area contributed by atoms with Crippen molar-refractivity contribution >= 4 is 5.97 Å². The summed E-state index contributed by atoms with van der Waals surface area (Å²) in [5, 5.41) is 0. The molecule has 0 bridgehead atoms. The monoisotopic (exact) mass is 184 g/mol. The fraction of sp³-hybridized carbons (Fsp3) is 0.727. The van der Waals surface area contributed by atoms with Gasteiger partial charge in [0.05, 0.1) is 6.61 Å². The van der Waals surface area contributed by atoms with Gasteiger partial charge in [0, 0.05) is 6.92 Å². The molecule has 13 heavy (non-hydrogen) atoms. The minimum Gasteiger partial charge on any atom is -0.466 e. The molecule has 0 aliphatic heterocycles. The molecule has 1 unspecified atom stereocenters. The molecule has 0 spiro atoms. The second-order valence-electron chi connectivity index (χ2n) is 3.54. The summed E-state index contributed by atoms with van der Waals surface area (Å²) in [6.45, 7) is 10.2. The van der Waals surface area contributed by atoms with E-state index in [4.69, 9.17) is 4.74 Å². The summed E-state index contributed by atoms with van der Waals surface area (Å²) in [6.07, 6.45) is 3.01. The van der Waals surface area contributed by atoms with Gasteiger partial charge in [-0.05, 0) is 25.2 Å². The molecule has 0 rings (SSSR count). The van der Waals surface area contributed by atoms with Crippen LogP contribution in [0.3, 0.4) is 0 Å². The van der Waals surface area contributed by atoms with Crippen LogP contribution in [-0.4, -0.2) is 12.6 Å². The number of hydrogen-bond acceptors (Lipinski definition) is 2. The Morgan fingerprint density at radius 2 is 2.15 bits per heavy atom.